The summed E-state index contributed by atoms with van der Waals surface area (Å²) in [7, 11) is 4.09. The van der Waals surface area contributed by atoms with Gasteiger partial charge in [-0.1, -0.05) is 13.8 Å². The molecule has 1 unspecified atom stereocenters. The Labute approximate surface area is 64.2 Å². The van der Waals surface area contributed by atoms with Crippen molar-refractivity contribution in [2.75, 3.05) is 20.7 Å². The first-order chi connectivity index (χ1) is 4.72. The Morgan fingerprint density at radius 2 is 1.90 bits per heavy atom. The van der Waals surface area contributed by atoms with Crippen molar-refractivity contribution < 1.29 is 4.74 Å². The molecule has 0 rings (SSSR count). The predicted molar refractivity (Wildman–Crippen MR) is 44.0 cm³/mol. The Morgan fingerprint density at radius 1 is 1.30 bits per heavy atom. The molecule has 0 radical (unpaired) electrons. The molecule has 62 valence electrons. The first-order valence-corrected chi connectivity index (χ1v) is 4.00. The first kappa shape index (κ1) is 9.92. The van der Waals surface area contributed by atoms with Crippen molar-refractivity contribution in [2.24, 2.45) is 0 Å². The summed E-state index contributed by atoms with van der Waals surface area (Å²) >= 11 is 0. The molecule has 0 N–H and O–H groups in total. The van der Waals surface area contributed by atoms with Crippen LogP contribution in [-0.2, 0) is 4.74 Å². The van der Waals surface area contributed by atoms with Gasteiger partial charge in [-0.25, -0.2) is 0 Å². The molecule has 0 aliphatic rings. The lowest BCUT2D eigenvalue weighted by atomic mass is 10.4. The summed E-state index contributed by atoms with van der Waals surface area (Å²) in [4.78, 5) is 2.11. The lowest BCUT2D eigenvalue weighted by molar-refractivity contribution is -0.0374. The third-order valence-electron chi connectivity index (χ3n) is 1.44. The summed E-state index contributed by atoms with van der Waals surface area (Å²) < 4.78 is 5.53. The SMILES string of the molecule is CCCOC(CC)N(C)C. The monoisotopic (exact) mass is 145 g/mol. The summed E-state index contributed by atoms with van der Waals surface area (Å²) in [5.74, 6) is 0. The van der Waals surface area contributed by atoms with Crippen LogP contribution in [0.2, 0.25) is 0 Å². The van der Waals surface area contributed by atoms with Gasteiger partial charge in [0, 0.05) is 6.61 Å². The Bertz CT molecular complexity index is 73.7. The van der Waals surface area contributed by atoms with Crippen LogP contribution < -0.4 is 0 Å². The fourth-order valence-corrected chi connectivity index (χ4v) is 0.886. The van der Waals surface area contributed by atoms with Gasteiger partial charge in [-0.15, -0.1) is 0 Å². The zero-order valence-electron chi connectivity index (χ0n) is 7.55. The lowest BCUT2D eigenvalue weighted by Crippen LogP contribution is -2.30. The van der Waals surface area contributed by atoms with Crippen molar-refractivity contribution in [3.63, 3.8) is 0 Å². The highest BCUT2D eigenvalue weighted by Gasteiger charge is 2.06. The molecule has 0 aliphatic heterocycles. The van der Waals surface area contributed by atoms with Gasteiger partial charge in [-0.2, -0.15) is 0 Å². The van der Waals surface area contributed by atoms with Crippen LogP contribution in [0.5, 0.6) is 0 Å². The van der Waals surface area contributed by atoms with Crippen molar-refractivity contribution in [1.82, 2.24) is 4.90 Å². The van der Waals surface area contributed by atoms with Gasteiger partial charge < -0.3 is 4.74 Å². The highest BCUT2D eigenvalue weighted by atomic mass is 16.5. The van der Waals surface area contributed by atoms with E-state index in [4.69, 9.17) is 4.74 Å². The van der Waals surface area contributed by atoms with Crippen molar-refractivity contribution in [1.29, 1.82) is 0 Å². The number of hydrogen-bond acceptors (Lipinski definition) is 2. The fourth-order valence-electron chi connectivity index (χ4n) is 0.886. The molecule has 1 atom stereocenters. The van der Waals surface area contributed by atoms with Gasteiger partial charge in [0.05, 0.1) is 0 Å². The second-order valence-corrected chi connectivity index (χ2v) is 2.70. The molecule has 0 bridgehead atoms. The van der Waals surface area contributed by atoms with Gasteiger partial charge in [0.2, 0.25) is 0 Å². The third-order valence-corrected chi connectivity index (χ3v) is 1.44. The van der Waals surface area contributed by atoms with E-state index >= 15 is 0 Å². The van der Waals surface area contributed by atoms with E-state index < -0.39 is 0 Å². The van der Waals surface area contributed by atoms with Crippen LogP contribution in [0.25, 0.3) is 0 Å². The molecule has 2 heteroatoms. The second-order valence-electron chi connectivity index (χ2n) is 2.70. The van der Waals surface area contributed by atoms with Crippen molar-refractivity contribution in [2.45, 2.75) is 32.9 Å². The van der Waals surface area contributed by atoms with Crippen LogP contribution in [0.3, 0.4) is 0 Å². The Kier molecular flexibility index (Phi) is 5.64. The maximum absolute atomic E-state index is 5.53. The maximum Gasteiger partial charge on any atom is 0.109 e. The zero-order valence-corrected chi connectivity index (χ0v) is 7.55. The Morgan fingerprint density at radius 3 is 2.20 bits per heavy atom. The minimum Gasteiger partial charge on any atom is -0.363 e. The summed E-state index contributed by atoms with van der Waals surface area (Å²) in [6.07, 6.45) is 2.47. The molecule has 0 aromatic rings. The average Bonchev–Trinajstić information content (AvgIpc) is 1.89. The molecule has 0 aliphatic carbocycles. The molecular weight excluding hydrogens is 126 g/mol. The van der Waals surface area contributed by atoms with Crippen LogP contribution >= 0.6 is 0 Å². The van der Waals surface area contributed by atoms with E-state index in [1.165, 1.54) is 0 Å². The molecule has 0 amide bonds. The quantitative estimate of drug-likeness (QED) is 0.546. The average molecular weight is 145 g/mol. The van der Waals surface area contributed by atoms with E-state index in [2.05, 4.69) is 18.7 Å². The van der Waals surface area contributed by atoms with Gasteiger partial charge in [0.15, 0.2) is 0 Å². The van der Waals surface area contributed by atoms with E-state index in [-0.39, 0.29) is 0 Å². The predicted octanol–water partition coefficient (Wildman–Crippen LogP) is 1.71. The fraction of sp³-hybridized carbons (Fsp3) is 1.00. The van der Waals surface area contributed by atoms with Crippen molar-refractivity contribution in [3.05, 3.63) is 0 Å². The van der Waals surface area contributed by atoms with Gasteiger partial charge in [0.25, 0.3) is 0 Å². The van der Waals surface area contributed by atoms with Crippen LogP contribution in [0, 0.1) is 0 Å². The van der Waals surface area contributed by atoms with E-state index in [9.17, 15) is 0 Å². The minimum atomic E-state index is 0.306. The van der Waals surface area contributed by atoms with Crippen LogP contribution in [-0.4, -0.2) is 31.8 Å². The lowest BCUT2D eigenvalue weighted by Gasteiger charge is -2.22. The van der Waals surface area contributed by atoms with E-state index in [1.54, 1.807) is 0 Å². The normalized spacial score (nSPS) is 14.1. The summed E-state index contributed by atoms with van der Waals surface area (Å²) in [6.45, 7) is 5.14. The summed E-state index contributed by atoms with van der Waals surface area (Å²) in [5, 5.41) is 0. The van der Waals surface area contributed by atoms with Crippen LogP contribution in [0.15, 0.2) is 0 Å². The highest BCUT2D eigenvalue weighted by molar-refractivity contribution is 4.49. The Balaban J connectivity index is 3.40. The number of hydrogen-bond donors (Lipinski definition) is 0. The first-order valence-electron chi connectivity index (χ1n) is 4.00. The highest BCUT2D eigenvalue weighted by Crippen LogP contribution is 2.00. The molecule has 0 aromatic heterocycles. The van der Waals surface area contributed by atoms with Crippen LogP contribution in [0.1, 0.15) is 26.7 Å². The smallest absolute Gasteiger partial charge is 0.109 e. The van der Waals surface area contributed by atoms with E-state index in [1.807, 2.05) is 14.1 Å². The third kappa shape index (κ3) is 3.85. The number of nitrogens with zero attached hydrogens (tertiary/aromatic N) is 1. The van der Waals surface area contributed by atoms with Crippen LogP contribution in [0.4, 0.5) is 0 Å². The molecule has 0 heterocycles. The minimum absolute atomic E-state index is 0.306. The molecule has 0 fully saturated rings. The van der Waals surface area contributed by atoms with Crippen molar-refractivity contribution in [3.8, 4) is 0 Å². The molecule has 0 saturated carbocycles. The van der Waals surface area contributed by atoms with Crippen molar-refractivity contribution >= 4 is 0 Å². The van der Waals surface area contributed by atoms with E-state index in [0.717, 1.165) is 19.4 Å². The second kappa shape index (κ2) is 5.69. The standard InChI is InChI=1S/C8H19NO/c1-5-7-10-8(6-2)9(3)4/h8H,5-7H2,1-4H3. The number of rotatable bonds is 5. The van der Waals surface area contributed by atoms with Gasteiger partial charge in [-0.05, 0) is 26.9 Å². The molecule has 0 aromatic carbocycles. The van der Waals surface area contributed by atoms with Gasteiger partial charge >= 0.3 is 0 Å². The molecule has 0 spiro atoms. The van der Waals surface area contributed by atoms with Gasteiger partial charge in [0.1, 0.15) is 6.23 Å². The summed E-state index contributed by atoms with van der Waals surface area (Å²) in [6, 6.07) is 0. The maximum atomic E-state index is 5.53. The topological polar surface area (TPSA) is 12.5 Å². The van der Waals surface area contributed by atoms with Gasteiger partial charge in [-0.3, -0.25) is 4.90 Å². The van der Waals surface area contributed by atoms with E-state index in [0.29, 0.717) is 6.23 Å². The molecule has 0 saturated heterocycles. The molecule has 2 nitrogen and oxygen atoms in total. The number of ether oxygens (including phenoxy) is 1. The largest absolute Gasteiger partial charge is 0.363 e. The molecular formula is C8H19NO. The zero-order chi connectivity index (χ0) is 7.98. The molecule has 10 heavy (non-hydrogen) atoms. The Hall–Kier alpha value is -0.0800. The summed E-state index contributed by atoms with van der Waals surface area (Å²) in [5.41, 5.74) is 0.